The van der Waals surface area contributed by atoms with Gasteiger partial charge in [-0.25, -0.2) is 0 Å². The molecule has 1 N–H and O–H groups in total. The lowest BCUT2D eigenvalue weighted by Gasteiger charge is -2.10. The van der Waals surface area contributed by atoms with E-state index in [4.69, 9.17) is 0 Å². The van der Waals surface area contributed by atoms with Crippen LogP contribution in [0, 0.1) is 12.8 Å². The summed E-state index contributed by atoms with van der Waals surface area (Å²) in [4.78, 5) is 0. The number of hydrogen-bond donors (Lipinski definition) is 1. The zero-order valence-electron chi connectivity index (χ0n) is 8.22. The summed E-state index contributed by atoms with van der Waals surface area (Å²) in [6.07, 6.45) is 2.59. The quantitative estimate of drug-likeness (QED) is 0.726. The predicted octanol–water partition coefficient (Wildman–Crippen LogP) is 2.15. The van der Waals surface area contributed by atoms with E-state index in [0.717, 1.165) is 5.92 Å². The normalized spacial score (nSPS) is 22.1. The second kappa shape index (κ2) is 3.93. The van der Waals surface area contributed by atoms with Crippen LogP contribution in [0.5, 0.6) is 0 Å². The average Bonchev–Trinajstić information content (AvgIpc) is 2.61. The second-order valence-corrected chi connectivity index (χ2v) is 3.99. The van der Waals surface area contributed by atoms with E-state index in [0.29, 0.717) is 0 Å². The minimum absolute atomic E-state index is 0.862. The molecule has 1 aliphatic rings. The van der Waals surface area contributed by atoms with Gasteiger partial charge in [-0.2, -0.15) is 0 Å². The fourth-order valence-corrected chi connectivity index (χ4v) is 2.04. The van der Waals surface area contributed by atoms with Gasteiger partial charge in [0.25, 0.3) is 0 Å². The van der Waals surface area contributed by atoms with E-state index >= 15 is 0 Å². The van der Waals surface area contributed by atoms with E-state index in [2.05, 4.69) is 36.5 Å². The lowest BCUT2D eigenvalue weighted by molar-refractivity contribution is 0.578. The van der Waals surface area contributed by atoms with Crippen LogP contribution < -0.4 is 5.32 Å². The van der Waals surface area contributed by atoms with Crippen LogP contribution in [0.3, 0.4) is 0 Å². The van der Waals surface area contributed by atoms with Crippen LogP contribution in [-0.2, 0) is 6.42 Å². The Labute approximate surface area is 80.2 Å². The third-order valence-corrected chi connectivity index (χ3v) is 2.93. The van der Waals surface area contributed by atoms with Crippen molar-refractivity contribution >= 4 is 0 Å². The van der Waals surface area contributed by atoms with Gasteiger partial charge in [-0.3, -0.25) is 0 Å². The summed E-state index contributed by atoms with van der Waals surface area (Å²) < 4.78 is 0. The molecule has 0 aromatic heterocycles. The molecule has 1 heterocycles. The fourth-order valence-electron chi connectivity index (χ4n) is 2.04. The molecule has 13 heavy (non-hydrogen) atoms. The van der Waals surface area contributed by atoms with Crippen LogP contribution in [0.4, 0.5) is 0 Å². The lowest BCUT2D eigenvalue weighted by Crippen LogP contribution is -2.11. The summed E-state index contributed by atoms with van der Waals surface area (Å²) >= 11 is 0. The first-order valence-electron chi connectivity index (χ1n) is 5.11. The molecular formula is C12H17N. The molecule has 1 aromatic rings. The molecule has 0 saturated carbocycles. The first-order valence-corrected chi connectivity index (χ1v) is 5.11. The van der Waals surface area contributed by atoms with E-state index in [1.807, 2.05) is 0 Å². The highest BCUT2D eigenvalue weighted by Gasteiger charge is 2.15. The molecule has 1 nitrogen and oxygen atoms in total. The SMILES string of the molecule is Cc1ccccc1C[C@@H]1CCNC1. The topological polar surface area (TPSA) is 12.0 Å². The molecule has 1 aromatic carbocycles. The van der Waals surface area contributed by atoms with Gasteiger partial charge in [-0.1, -0.05) is 24.3 Å². The lowest BCUT2D eigenvalue weighted by atomic mass is 9.96. The molecule has 0 spiro atoms. The summed E-state index contributed by atoms with van der Waals surface area (Å²) in [5.41, 5.74) is 2.96. The van der Waals surface area contributed by atoms with E-state index < -0.39 is 0 Å². The monoisotopic (exact) mass is 175 g/mol. The van der Waals surface area contributed by atoms with Gasteiger partial charge in [0.15, 0.2) is 0 Å². The van der Waals surface area contributed by atoms with E-state index in [9.17, 15) is 0 Å². The first-order chi connectivity index (χ1) is 6.36. The maximum atomic E-state index is 3.41. The zero-order chi connectivity index (χ0) is 9.10. The van der Waals surface area contributed by atoms with Crippen molar-refractivity contribution in [2.45, 2.75) is 19.8 Å². The van der Waals surface area contributed by atoms with Crippen molar-refractivity contribution in [2.75, 3.05) is 13.1 Å². The molecule has 1 atom stereocenters. The molecule has 2 rings (SSSR count). The van der Waals surface area contributed by atoms with Crippen molar-refractivity contribution < 1.29 is 0 Å². The molecule has 1 heteroatoms. The van der Waals surface area contributed by atoms with Crippen LogP contribution in [0.25, 0.3) is 0 Å². The Morgan fingerprint density at radius 3 is 2.92 bits per heavy atom. The molecule has 0 unspecified atom stereocenters. The third-order valence-electron chi connectivity index (χ3n) is 2.93. The van der Waals surface area contributed by atoms with E-state index in [1.165, 1.54) is 37.1 Å². The summed E-state index contributed by atoms with van der Waals surface area (Å²) in [6.45, 7) is 4.61. The van der Waals surface area contributed by atoms with Crippen LogP contribution in [0.1, 0.15) is 17.5 Å². The molecule has 0 bridgehead atoms. The van der Waals surface area contributed by atoms with Crippen molar-refractivity contribution in [2.24, 2.45) is 5.92 Å². The largest absolute Gasteiger partial charge is 0.316 e. The molecule has 1 saturated heterocycles. The standard InChI is InChI=1S/C12H17N/c1-10-4-2-3-5-12(10)8-11-6-7-13-9-11/h2-5,11,13H,6-9H2,1H3/t11-/m0/s1. The molecule has 0 amide bonds. The van der Waals surface area contributed by atoms with Gasteiger partial charge in [0.05, 0.1) is 0 Å². The minimum atomic E-state index is 0.862. The van der Waals surface area contributed by atoms with Gasteiger partial charge in [-0.15, -0.1) is 0 Å². The molecule has 1 fully saturated rings. The van der Waals surface area contributed by atoms with Crippen LogP contribution in [0.2, 0.25) is 0 Å². The van der Waals surface area contributed by atoms with Crippen molar-refractivity contribution in [3.8, 4) is 0 Å². The molecule has 0 aliphatic carbocycles. The Balaban J connectivity index is 2.04. The highest BCUT2D eigenvalue weighted by molar-refractivity contribution is 5.26. The summed E-state index contributed by atoms with van der Waals surface area (Å²) in [5, 5.41) is 3.41. The van der Waals surface area contributed by atoms with Gasteiger partial charge < -0.3 is 5.32 Å². The van der Waals surface area contributed by atoms with Crippen molar-refractivity contribution in [1.29, 1.82) is 0 Å². The van der Waals surface area contributed by atoms with Crippen LogP contribution >= 0.6 is 0 Å². The Morgan fingerprint density at radius 2 is 2.23 bits per heavy atom. The van der Waals surface area contributed by atoms with Gasteiger partial charge in [0.2, 0.25) is 0 Å². The summed E-state index contributed by atoms with van der Waals surface area (Å²) in [6, 6.07) is 8.72. The Hall–Kier alpha value is -0.820. The summed E-state index contributed by atoms with van der Waals surface area (Å²) in [7, 11) is 0. The van der Waals surface area contributed by atoms with Crippen LogP contribution in [-0.4, -0.2) is 13.1 Å². The van der Waals surface area contributed by atoms with E-state index in [-0.39, 0.29) is 0 Å². The Bertz CT molecular complexity index is 274. The Morgan fingerprint density at radius 1 is 1.38 bits per heavy atom. The van der Waals surface area contributed by atoms with Crippen molar-refractivity contribution in [1.82, 2.24) is 5.32 Å². The van der Waals surface area contributed by atoms with Gasteiger partial charge in [0, 0.05) is 0 Å². The maximum Gasteiger partial charge on any atom is -0.00169 e. The zero-order valence-corrected chi connectivity index (χ0v) is 8.22. The highest BCUT2D eigenvalue weighted by atomic mass is 14.9. The minimum Gasteiger partial charge on any atom is -0.316 e. The average molecular weight is 175 g/mol. The smallest absolute Gasteiger partial charge is 0.00169 e. The van der Waals surface area contributed by atoms with Gasteiger partial charge in [-0.05, 0) is 49.9 Å². The highest BCUT2D eigenvalue weighted by Crippen LogP contribution is 2.17. The van der Waals surface area contributed by atoms with Crippen molar-refractivity contribution in [3.63, 3.8) is 0 Å². The first kappa shape index (κ1) is 8.76. The number of nitrogens with one attached hydrogen (secondary N) is 1. The van der Waals surface area contributed by atoms with Crippen LogP contribution in [0.15, 0.2) is 24.3 Å². The van der Waals surface area contributed by atoms with Gasteiger partial charge in [0.1, 0.15) is 0 Å². The number of rotatable bonds is 2. The fraction of sp³-hybridized carbons (Fsp3) is 0.500. The molecule has 70 valence electrons. The predicted molar refractivity (Wildman–Crippen MR) is 55.9 cm³/mol. The molecule has 0 radical (unpaired) electrons. The molecule has 1 aliphatic heterocycles. The maximum absolute atomic E-state index is 3.41. The Kier molecular flexibility index (Phi) is 2.65. The summed E-state index contributed by atoms with van der Waals surface area (Å²) in [5.74, 6) is 0.862. The third kappa shape index (κ3) is 2.10. The van der Waals surface area contributed by atoms with Crippen molar-refractivity contribution in [3.05, 3.63) is 35.4 Å². The number of benzene rings is 1. The second-order valence-electron chi connectivity index (χ2n) is 3.99. The van der Waals surface area contributed by atoms with E-state index in [1.54, 1.807) is 0 Å². The number of aryl methyl sites for hydroxylation is 1. The number of hydrogen-bond acceptors (Lipinski definition) is 1. The molecular weight excluding hydrogens is 158 g/mol. The van der Waals surface area contributed by atoms with Gasteiger partial charge >= 0.3 is 0 Å².